The van der Waals surface area contributed by atoms with Crippen LogP contribution in [-0.2, 0) is 4.74 Å². The van der Waals surface area contributed by atoms with Crippen LogP contribution < -0.4 is 10.1 Å². The van der Waals surface area contributed by atoms with Gasteiger partial charge in [0.05, 0.1) is 11.7 Å². The average Bonchev–Trinajstić information content (AvgIpc) is 3.21. The van der Waals surface area contributed by atoms with Crippen molar-refractivity contribution in [3.05, 3.63) is 11.4 Å². The summed E-state index contributed by atoms with van der Waals surface area (Å²) in [5.74, 6) is 3.11. The van der Waals surface area contributed by atoms with Gasteiger partial charge < -0.3 is 14.8 Å². The normalized spacial score (nSPS) is 21.5. The summed E-state index contributed by atoms with van der Waals surface area (Å²) in [5, 5.41) is 3.39. The second kappa shape index (κ2) is 6.60. The SMILES string of the molecule is CCCNc1nc(C2CC2)nc(OCC2CCCO2)c1C. The average molecular weight is 291 g/mol. The first-order valence-corrected chi connectivity index (χ1v) is 8.14. The van der Waals surface area contributed by atoms with Crippen LogP contribution in [0, 0.1) is 6.92 Å². The molecule has 0 aromatic carbocycles. The maximum absolute atomic E-state index is 5.94. The molecule has 5 heteroatoms. The van der Waals surface area contributed by atoms with Gasteiger partial charge in [0.2, 0.25) is 5.88 Å². The lowest BCUT2D eigenvalue weighted by Crippen LogP contribution is -2.18. The number of hydrogen-bond donors (Lipinski definition) is 1. The highest BCUT2D eigenvalue weighted by molar-refractivity contribution is 5.49. The molecule has 0 amide bonds. The molecule has 0 bridgehead atoms. The van der Waals surface area contributed by atoms with Crippen LogP contribution in [0.2, 0.25) is 0 Å². The molecule has 2 heterocycles. The fraction of sp³-hybridized carbons (Fsp3) is 0.750. The first kappa shape index (κ1) is 14.6. The Morgan fingerprint density at radius 2 is 2.14 bits per heavy atom. The molecule has 1 unspecified atom stereocenters. The Hall–Kier alpha value is -1.36. The molecule has 2 fully saturated rings. The van der Waals surface area contributed by atoms with E-state index in [1.807, 2.05) is 6.92 Å². The maximum Gasteiger partial charge on any atom is 0.221 e. The van der Waals surface area contributed by atoms with Gasteiger partial charge in [-0.3, -0.25) is 0 Å². The summed E-state index contributed by atoms with van der Waals surface area (Å²) in [6.07, 6.45) is 5.90. The molecule has 1 aromatic heterocycles. The van der Waals surface area contributed by atoms with Crippen molar-refractivity contribution < 1.29 is 9.47 Å². The van der Waals surface area contributed by atoms with Gasteiger partial charge in [0.1, 0.15) is 18.2 Å². The van der Waals surface area contributed by atoms with E-state index < -0.39 is 0 Å². The molecule has 2 aliphatic rings. The van der Waals surface area contributed by atoms with Crippen LogP contribution in [0.15, 0.2) is 0 Å². The molecule has 1 saturated heterocycles. The van der Waals surface area contributed by atoms with Crippen molar-refractivity contribution in [2.45, 2.75) is 58.0 Å². The van der Waals surface area contributed by atoms with E-state index in [2.05, 4.69) is 22.2 Å². The lowest BCUT2D eigenvalue weighted by molar-refractivity contribution is 0.0659. The van der Waals surface area contributed by atoms with Gasteiger partial charge in [-0.05, 0) is 39.0 Å². The van der Waals surface area contributed by atoms with E-state index in [0.717, 1.165) is 55.5 Å². The lowest BCUT2D eigenvalue weighted by Gasteiger charge is -2.16. The predicted molar refractivity (Wildman–Crippen MR) is 82.0 cm³/mol. The minimum absolute atomic E-state index is 0.218. The molecule has 1 aromatic rings. The van der Waals surface area contributed by atoms with E-state index in [1.54, 1.807) is 0 Å². The number of rotatable bonds is 7. The second-order valence-corrected chi connectivity index (χ2v) is 6.01. The van der Waals surface area contributed by atoms with Crippen molar-refractivity contribution in [3.63, 3.8) is 0 Å². The molecular formula is C16H25N3O2. The van der Waals surface area contributed by atoms with Crippen LogP contribution in [0.1, 0.15) is 56.3 Å². The van der Waals surface area contributed by atoms with E-state index in [-0.39, 0.29) is 6.10 Å². The monoisotopic (exact) mass is 291 g/mol. The van der Waals surface area contributed by atoms with E-state index in [0.29, 0.717) is 12.5 Å². The number of nitrogens with zero attached hydrogens (tertiary/aromatic N) is 2. The highest BCUT2D eigenvalue weighted by Crippen LogP contribution is 2.40. The molecule has 1 aliphatic heterocycles. The first-order chi connectivity index (χ1) is 10.3. The van der Waals surface area contributed by atoms with Gasteiger partial charge in [0.15, 0.2) is 0 Å². The number of nitrogens with one attached hydrogen (secondary N) is 1. The molecule has 1 N–H and O–H groups in total. The van der Waals surface area contributed by atoms with Gasteiger partial charge in [0, 0.05) is 19.1 Å². The van der Waals surface area contributed by atoms with Gasteiger partial charge in [-0.2, -0.15) is 4.98 Å². The van der Waals surface area contributed by atoms with Gasteiger partial charge in [0.25, 0.3) is 0 Å². The van der Waals surface area contributed by atoms with Crippen molar-refractivity contribution in [3.8, 4) is 5.88 Å². The predicted octanol–water partition coefficient (Wildman–Crippen LogP) is 3.04. The Morgan fingerprint density at radius 1 is 1.29 bits per heavy atom. The molecule has 1 saturated carbocycles. The van der Waals surface area contributed by atoms with Gasteiger partial charge in [-0.15, -0.1) is 0 Å². The summed E-state index contributed by atoms with van der Waals surface area (Å²) >= 11 is 0. The van der Waals surface area contributed by atoms with Crippen LogP contribution in [0.25, 0.3) is 0 Å². The Labute approximate surface area is 126 Å². The summed E-state index contributed by atoms with van der Waals surface area (Å²) in [6, 6.07) is 0. The van der Waals surface area contributed by atoms with Crippen molar-refractivity contribution in [1.82, 2.24) is 9.97 Å². The Bertz CT molecular complexity index is 483. The minimum Gasteiger partial charge on any atom is -0.475 e. The molecular weight excluding hydrogens is 266 g/mol. The smallest absolute Gasteiger partial charge is 0.221 e. The number of anilines is 1. The largest absolute Gasteiger partial charge is 0.475 e. The minimum atomic E-state index is 0.218. The third-order valence-electron chi connectivity index (χ3n) is 4.03. The van der Waals surface area contributed by atoms with Crippen molar-refractivity contribution in [1.29, 1.82) is 0 Å². The molecule has 0 spiro atoms. The van der Waals surface area contributed by atoms with Gasteiger partial charge in [-0.25, -0.2) is 4.98 Å². The van der Waals surface area contributed by atoms with E-state index >= 15 is 0 Å². The zero-order valence-electron chi connectivity index (χ0n) is 13.0. The van der Waals surface area contributed by atoms with Gasteiger partial charge >= 0.3 is 0 Å². The van der Waals surface area contributed by atoms with Crippen molar-refractivity contribution in [2.75, 3.05) is 25.1 Å². The third kappa shape index (κ3) is 3.64. The summed E-state index contributed by atoms with van der Waals surface area (Å²) < 4.78 is 11.6. The van der Waals surface area contributed by atoms with E-state index in [9.17, 15) is 0 Å². The molecule has 1 atom stereocenters. The molecule has 1 aliphatic carbocycles. The van der Waals surface area contributed by atoms with Crippen LogP contribution in [0.4, 0.5) is 5.82 Å². The fourth-order valence-corrected chi connectivity index (χ4v) is 2.54. The fourth-order valence-electron chi connectivity index (χ4n) is 2.54. The Kier molecular flexibility index (Phi) is 4.58. The molecule has 21 heavy (non-hydrogen) atoms. The zero-order valence-corrected chi connectivity index (χ0v) is 13.0. The number of aromatic nitrogens is 2. The highest BCUT2D eigenvalue weighted by Gasteiger charge is 2.29. The summed E-state index contributed by atoms with van der Waals surface area (Å²) in [4.78, 5) is 9.31. The van der Waals surface area contributed by atoms with Crippen molar-refractivity contribution >= 4 is 5.82 Å². The molecule has 3 rings (SSSR count). The van der Waals surface area contributed by atoms with E-state index in [1.165, 1.54) is 12.8 Å². The van der Waals surface area contributed by atoms with E-state index in [4.69, 9.17) is 9.47 Å². The second-order valence-electron chi connectivity index (χ2n) is 6.01. The first-order valence-electron chi connectivity index (χ1n) is 8.14. The topological polar surface area (TPSA) is 56.3 Å². The van der Waals surface area contributed by atoms with Crippen LogP contribution >= 0.6 is 0 Å². The van der Waals surface area contributed by atoms with Crippen LogP contribution in [0.5, 0.6) is 5.88 Å². The number of hydrogen-bond acceptors (Lipinski definition) is 5. The van der Waals surface area contributed by atoms with Crippen molar-refractivity contribution in [2.24, 2.45) is 0 Å². The quantitative estimate of drug-likeness (QED) is 0.837. The molecule has 5 nitrogen and oxygen atoms in total. The van der Waals surface area contributed by atoms with Crippen LogP contribution in [0.3, 0.4) is 0 Å². The Balaban J connectivity index is 1.74. The summed E-state index contributed by atoms with van der Waals surface area (Å²) in [6.45, 7) is 6.55. The zero-order chi connectivity index (χ0) is 14.7. The lowest BCUT2D eigenvalue weighted by atomic mass is 10.2. The molecule has 116 valence electrons. The summed E-state index contributed by atoms with van der Waals surface area (Å²) in [7, 11) is 0. The standard InChI is InChI=1S/C16H25N3O2/c1-3-8-17-14-11(2)16(19-15(18-14)12-6-7-12)21-10-13-5-4-9-20-13/h12-13H,3-10H2,1-2H3,(H,17,18,19). The third-order valence-corrected chi connectivity index (χ3v) is 4.03. The maximum atomic E-state index is 5.94. The highest BCUT2D eigenvalue weighted by atomic mass is 16.5. The molecule has 0 radical (unpaired) electrons. The number of ether oxygens (including phenoxy) is 2. The Morgan fingerprint density at radius 3 is 2.81 bits per heavy atom. The summed E-state index contributed by atoms with van der Waals surface area (Å²) in [5.41, 5.74) is 1.01. The van der Waals surface area contributed by atoms with Crippen LogP contribution in [-0.4, -0.2) is 35.8 Å². The van der Waals surface area contributed by atoms with Gasteiger partial charge in [-0.1, -0.05) is 6.92 Å².